The summed E-state index contributed by atoms with van der Waals surface area (Å²) in [5.41, 5.74) is 2.86. The van der Waals surface area contributed by atoms with Crippen molar-refractivity contribution < 1.29 is 19.1 Å². The molecule has 1 aliphatic heterocycles. The first-order valence-electron chi connectivity index (χ1n) is 5.43. The van der Waals surface area contributed by atoms with Crippen LogP contribution >= 0.6 is 22.6 Å². The van der Waals surface area contributed by atoms with Crippen molar-refractivity contribution in [3.8, 4) is 0 Å². The van der Waals surface area contributed by atoms with Gasteiger partial charge in [-0.25, -0.2) is 9.59 Å². The van der Waals surface area contributed by atoms with Crippen LogP contribution in [0.15, 0.2) is 29.4 Å². The molecule has 1 N–H and O–H groups in total. The highest BCUT2D eigenvalue weighted by Gasteiger charge is 2.40. The molecule has 0 amide bonds. The number of anilines is 1. The molecule has 0 unspecified atom stereocenters. The summed E-state index contributed by atoms with van der Waals surface area (Å²) in [6, 6.07) is 7.28. The number of hydrogen-bond acceptors (Lipinski definition) is 6. The predicted octanol–water partition coefficient (Wildman–Crippen LogP) is 1.90. The first kappa shape index (κ1) is 13.8. The molecule has 0 aliphatic carbocycles. The molecule has 1 aromatic carbocycles. The topological polar surface area (TPSA) is 77.0 Å². The van der Waals surface area contributed by atoms with Crippen LogP contribution in [0.25, 0.3) is 0 Å². The van der Waals surface area contributed by atoms with Crippen LogP contribution in [-0.4, -0.2) is 23.4 Å². The Morgan fingerprint density at radius 2 is 1.63 bits per heavy atom. The summed E-state index contributed by atoms with van der Waals surface area (Å²) in [4.78, 5) is 23.2. The molecule has 100 valence electrons. The minimum atomic E-state index is -1.25. The van der Waals surface area contributed by atoms with Crippen LogP contribution in [0.3, 0.4) is 0 Å². The van der Waals surface area contributed by atoms with Crippen LogP contribution < -0.4 is 5.43 Å². The number of cyclic esters (lactones) is 2. The van der Waals surface area contributed by atoms with E-state index in [-0.39, 0.29) is 0 Å². The molecule has 1 aromatic rings. The SMILES string of the molecule is CC1(C)OC(=O)C(=NNc2ccc(I)cc2)C(=O)O1. The summed E-state index contributed by atoms with van der Waals surface area (Å²) >= 11 is 2.17. The second kappa shape index (κ2) is 5.16. The van der Waals surface area contributed by atoms with E-state index in [2.05, 4.69) is 33.1 Å². The van der Waals surface area contributed by atoms with Gasteiger partial charge in [-0.05, 0) is 46.9 Å². The molecule has 0 saturated carbocycles. The third-order valence-electron chi connectivity index (χ3n) is 2.20. The van der Waals surface area contributed by atoms with Crippen molar-refractivity contribution >= 4 is 45.9 Å². The largest absolute Gasteiger partial charge is 0.418 e. The Hall–Kier alpha value is -1.64. The maximum atomic E-state index is 11.6. The molecule has 1 heterocycles. The number of esters is 2. The first-order chi connectivity index (χ1) is 8.87. The lowest BCUT2D eigenvalue weighted by atomic mass is 10.3. The Morgan fingerprint density at radius 3 is 2.16 bits per heavy atom. The van der Waals surface area contributed by atoms with Crippen molar-refractivity contribution in [2.24, 2.45) is 5.10 Å². The Balaban J connectivity index is 2.13. The third kappa shape index (κ3) is 3.43. The number of carbonyl (C=O) groups excluding carboxylic acids is 2. The van der Waals surface area contributed by atoms with Crippen LogP contribution in [0.5, 0.6) is 0 Å². The predicted molar refractivity (Wildman–Crippen MR) is 76.5 cm³/mol. The van der Waals surface area contributed by atoms with E-state index in [4.69, 9.17) is 9.47 Å². The Bertz CT molecular complexity index is 529. The summed E-state index contributed by atoms with van der Waals surface area (Å²) in [6.07, 6.45) is 0. The normalized spacial score (nSPS) is 17.5. The van der Waals surface area contributed by atoms with Crippen LogP contribution in [-0.2, 0) is 19.1 Å². The number of benzene rings is 1. The fourth-order valence-corrected chi connectivity index (χ4v) is 1.74. The molecule has 0 aromatic heterocycles. The van der Waals surface area contributed by atoms with E-state index >= 15 is 0 Å². The number of ether oxygens (including phenoxy) is 2. The quantitative estimate of drug-likeness (QED) is 0.486. The van der Waals surface area contributed by atoms with Gasteiger partial charge in [-0.15, -0.1) is 0 Å². The Morgan fingerprint density at radius 1 is 1.11 bits per heavy atom. The Labute approximate surface area is 123 Å². The number of rotatable bonds is 2. The van der Waals surface area contributed by atoms with Crippen molar-refractivity contribution in [3.63, 3.8) is 0 Å². The number of hydrogen-bond donors (Lipinski definition) is 1. The van der Waals surface area contributed by atoms with Crippen molar-refractivity contribution in [2.75, 3.05) is 5.43 Å². The average Bonchev–Trinajstić information content (AvgIpc) is 2.29. The number of carbonyl (C=O) groups is 2. The third-order valence-corrected chi connectivity index (χ3v) is 2.92. The van der Waals surface area contributed by atoms with E-state index in [9.17, 15) is 9.59 Å². The van der Waals surface area contributed by atoms with Gasteiger partial charge >= 0.3 is 11.9 Å². The van der Waals surface area contributed by atoms with Crippen molar-refractivity contribution in [3.05, 3.63) is 27.8 Å². The number of nitrogens with one attached hydrogen (secondary N) is 1. The lowest BCUT2D eigenvalue weighted by molar-refractivity contribution is -0.214. The molecule has 1 aliphatic rings. The Kier molecular flexibility index (Phi) is 3.74. The van der Waals surface area contributed by atoms with E-state index in [1.165, 1.54) is 13.8 Å². The zero-order valence-corrected chi connectivity index (χ0v) is 12.4. The zero-order valence-electron chi connectivity index (χ0n) is 10.3. The molecule has 0 spiro atoms. The van der Waals surface area contributed by atoms with Crippen LogP contribution in [0.1, 0.15) is 13.8 Å². The van der Waals surface area contributed by atoms with Crippen LogP contribution in [0, 0.1) is 3.57 Å². The van der Waals surface area contributed by atoms with Crippen LogP contribution in [0.2, 0.25) is 0 Å². The van der Waals surface area contributed by atoms with Gasteiger partial charge in [-0.1, -0.05) is 0 Å². The molecular weight excluding hydrogens is 363 g/mol. The van der Waals surface area contributed by atoms with Crippen LogP contribution in [0.4, 0.5) is 5.69 Å². The summed E-state index contributed by atoms with van der Waals surface area (Å²) in [5, 5.41) is 3.73. The van der Waals surface area contributed by atoms with Gasteiger partial charge in [0.05, 0.1) is 5.69 Å². The minimum absolute atomic E-state index is 0.405. The van der Waals surface area contributed by atoms with Gasteiger partial charge in [-0.3, -0.25) is 5.43 Å². The molecule has 6 nitrogen and oxygen atoms in total. The number of nitrogens with zero attached hydrogens (tertiary/aromatic N) is 1. The highest BCUT2D eigenvalue weighted by molar-refractivity contribution is 14.1. The molecule has 0 radical (unpaired) electrons. The van der Waals surface area contributed by atoms with Gasteiger partial charge in [0.2, 0.25) is 0 Å². The lowest BCUT2D eigenvalue weighted by Gasteiger charge is -2.28. The molecule has 1 fully saturated rings. The molecule has 0 atom stereocenters. The van der Waals surface area contributed by atoms with E-state index in [1.807, 2.05) is 12.1 Å². The van der Waals surface area contributed by atoms with Gasteiger partial charge in [-0.2, -0.15) is 5.10 Å². The van der Waals surface area contributed by atoms with E-state index in [1.54, 1.807) is 12.1 Å². The second-order valence-corrected chi connectivity index (χ2v) is 5.50. The maximum Gasteiger partial charge on any atom is 0.369 e. The standard InChI is InChI=1S/C12H11IN2O4/c1-12(2)18-10(16)9(11(17)19-12)15-14-8-5-3-7(13)4-6-8/h3-6,14H,1-2H3. The lowest BCUT2D eigenvalue weighted by Crippen LogP contribution is -2.47. The summed E-state index contributed by atoms with van der Waals surface area (Å²) in [6.45, 7) is 2.96. The van der Waals surface area contributed by atoms with Gasteiger partial charge in [0.25, 0.3) is 11.5 Å². The van der Waals surface area contributed by atoms with Crippen molar-refractivity contribution in [1.29, 1.82) is 0 Å². The van der Waals surface area contributed by atoms with Gasteiger partial charge in [0.1, 0.15) is 0 Å². The van der Waals surface area contributed by atoms with Crippen molar-refractivity contribution in [1.82, 2.24) is 0 Å². The minimum Gasteiger partial charge on any atom is -0.418 e. The molecule has 0 bridgehead atoms. The second-order valence-electron chi connectivity index (χ2n) is 4.26. The van der Waals surface area contributed by atoms with Gasteiger partial charge in [0.15, 0.2) is 0 Å². The number of halogens is 1. The highest BCUT2D eigenvalue weighted by atomic mass is 127. The van der Waals surface area contributed by atoms with E-state index in [0.717, 1.165) is 3.57 Å². The first-order valence-corrected chi connectivity index (χ1v) is 6.51. The van der Waals surface area contributed by atoms with Gasteiger partial charge in [0, 0.05) is 17.4 Å². The van der Waals surface area contributed by atoms with Crippen molar-refractivity contribution in [2.45, 2.75) is 19.6 Å². The maximum absolute atomic E-state index is 11.6. The summed E-state index contributed by atoms with van der Waals surface area (Å²) < 4.78 is 10.9. The fourth-order valence-electron chi connectivity index (χ4n) is 1.38. The zero-order chi connectivity index (χ0) is 14.0. The average molecular weight is 374 g/mol. The molecule has 2 rings (SSSR count). The molecule has 7 heteroatoms. The number of hydrazone groups is 1. The van der Waals surface area contributed by atoms with E-state index < -0.39 is 23.4 Å². The van der Waals surface area contributed by atoms with Gasteiger partial charge < -0.3 is 9.47 Å². The summed E-state index contributed by atoms with van der Waals surface area (Å²) in [7, 11) is 0. The molecule has 19 heavy (non-hydrogen) atoms. The molecular formula is C12H11IN2O4. The monoisotopic (exact) mass is 374 g/mol. The summed E-state index contributed by atoms with van der Waals surface area (Å²) in [5.74, 6) is -2.87. The highest BCUT2D eigenvalue weighted by Crippen LogP contribution is 2.18. The molecule has 1 saturated heterocycles. The fraction of sp³-hybridized carbons (Fsp3) is 0.250. The smallest absolute Gasteiger partial charge is 0.369 e. The van der Waals surface area contributed by atoms with E-state index in [0.29, 0.717) is 5.69 Å².